The number of H-pyrrole nitrogens is 2. The second-order valence-corrected chi connectivity index (χ2v) is 5.31. The van der Waals surface area contributed by atoms with Crippen molar-refractivity contribution in [3.05, 3.63) is 76.4 Å². The van der Waals surface area contributed by atoms with Crippen molar-refractivity contribution >= 4 is 0 Å². The molecule has 1 unspecified atom stereocenters. The summed E-state index contributed by atoms with van der Waals surface area (Å²) in [7, 11) is 0. The van der Waals surface area contributed by atoms with Gasteiger partial charge in [-0.15, -0.1) is 0 Å². The summed E-state index contributed by atoms with van der Waals surface area (Å²) in [6.07, 6.45) is 0.782. The maximum Gasteiger partial charge on any atom is 0.340 e. The van der Waals surface area contributed by atoms with Crippen LogP contribution in [-0.4, -0.2) is 31.7 Å². The second kappa shape index (κ2) is 7.08. The molecule has 7 nitrogen and oxygen atoms in total. The van der Waals surface area contributed by atoms with E-state index in [0.717, 1.165) is 5.56 Å². The van der Waals surface area contributed by atoms with Gasteiger partial charge in [-0.05, 0) is 17.7 Å². The molecule has 0 saturated carbocycles. The minimum absolute atomic E-state index is 0.341. The van der Waals surface area contributed by atoms with Gasteiger partial charge in [0.25, 0.3) is 0 Å². The molecule has 3 rings (SSSR count). The third-order valence-corrected chi connectivity index (χ3v) is 3.48. The van der Waals surface area contributed by atoms with Gasteiger partial charge in [-0.3, -0.25) is 9.88 Å². The first-order chi connectivity index (χ1) is 11.2. The molecular weight excluding hydrogens is 296 g/mol. The summed E-state index contributed by atoms with van der Waals surface area (Å²) < 4.78 is 5.24. The standard InChI is InChI=1S/C16H18N4O3/c21-13(14-7-4-8-23-14)10-20(9-12-5-2-1-3-6-12)11-15-17-16(22)19-18-15/h1-8,13,21H,9-11H2,(H2,17,18,19,22). The Morgan fingerprint density at radius 2 is 2.00 bits per heavy atom. The predicted octanol–water partition coefficient (Wildman–Crippen LogP) is 1.43. The first-order valence-electron chi connectivity index (χ1n) is 7.32. The van der Waals surface area contributed by atoms with Crippen LogP contribution in [0.1, 0.15) is 23.3 Å². The highest BCUT2D eigenvalue weighted by Gasteiger charge is 2.17. The monoisotopic (exact) mass is 314 g/mol. The Bertz CT molecular complexity index is 764. The van der Waals surface area contributed by atoms with Crippen LogP contribution in [0, 0.1) is 0 Å². The predicted molar refractivity (Wildman–Crippen MR) is 83.4 cm³/mol. The van der Waals surface area contributed by atoms with E-state index in [2.05, 4.69) is 15.2 Å². The lowest BCUT2D eigenvalue weighted by molar-refractivity contribution is 0.0860. The number of nitrogens with zero attached hydrogens (tertiary/aromatic N) is 2. The Balaban J connectivity index is 1.73. The number of aromatic nitrogens is 3. The highest BCUT2D eigenvalue weighted by Crippen LogP contribution is 2.17. The van der Waals surface area contributed by atoms with Crippen molar-refractivity contribution in [2.45, 2.75) is 19.2 Å². The van der Waals surface area contributed by atoms with E-state index >= 15 is 0 Å². The minimum Gasteiger partial charge on any atom is -0.467 e. The molecule has 0 fully saturated rings. The lowest BCUT2D eigenvalue weighted by Crippen LogP contribution is -2.28. The van der Waals surface area contributed by atoms with E-state index in [4.69, 9.17) is 4.42 Å². The van der Waals surface area contributed by atoms with Crippen molar-refractivity contribution in [1.82, 2.24) is 20.1 Å². The summed E-state index contributed by atoms with van der Waals surface area (Å²) in [4.78, 5) is 15.8. The third-order valence-electron chi connectivity index (χ3n) is 3.48. The van der Waals surface area contributed by atoms with E-state index in [0.29, 0.717) is 31.2 Å². The van der Waals surface area contributed by atoms with Crippen LogP contribution >= 0.6 is 0 Å². The van der Waals surface area contributed by atoms with E-state index in [9.17, 15) is 9.90 Å². The van der Waals surface area contributed by atoms with Crippen LogP contribution in [-0.2, 0) is 13.1 Å². The van der Waals surface area contributed by atoms with Crippen molar-refractivity contribution in [1.29, 1.82) is 0 Å². The van der Waals surface area contributed by atoms with Gasteiger partial charge in [-0.1, -0.05) is 30.3 Å². The molecule has 2 heterocycles. The maximum absolute atomic E-state index is 11.2. The number of aromatic amines is 2. The van der Waals surface area contributed by atoms with Crippen LogP contribution < -0.4 is 5.69 Å². The van der Waals surface area contributed by atoms with Crippen LogP contribution in [0.25, 0.3) is 0 Å². The van der Waals surface area contributed by atoms with E-state index in [1.165, 1.54) is 6.26 Å². The molecule has 3 N–H and O–H groups in total. The molecular formula is C16H18N4O3. The van der Waals surface area contributed by atoms with Crippen molar-refractivity contribution in [3.63, 3.8) is 0 Å². The van der Waals surface area contributed by atoms with Crippen LogP contribution in [0.15, 0.2) is 57.9 Å². The van der Waals surface area contributed by atoms with Gasteiger partial charge in [0, 0.05) is 13.1 Å². The zero-order valence-corrected chi connectivity index (χ0v) is 12.5. The topological polar surface area (TPSA) is 98.2 Å². The number of hydrogen-bond acceptors (Lipinski definition) is 5. The number of aliphatic hydroxyl groups excluding tert-OH is 1. The Morgan fingerprint density at radius 3 is 2.65 bits per heavy atom. The smallest absolute Gasteiger partial charge is 0.340 e. The molecule has 0 amide bonds. The summed E-state index contributed by atoms with van der Waals surface area (Å²) >= 11 is 0. The second-order valence-electron chi connectivity index (χ2n) is 5.31. The number of benzene rings is 1. The number of furan rings is 1. The highest BCUT2D eigenvalue weighted by molar-refractivity contribution is 5.14. The van der Waals surface area contributed by atoms with Gasteiger partial charge >= 0.3 is 5.69 Å². The molecule has 0 radical (unpaired) electrons. The van der Waals surface area contributed by atoms with Gasteiger partial charge in [0.1, 0.15) is 17.7 Å². The third kappa shape index (κ3) is 4.18. The number of hydrogen-bond donors (Lipinski definition) is 3. The molecule has 0 saturated heterocycles. The fraction of sp³-hybridized carbons (Fsp3) is 0.250. The number of rotatable bonds is 7. The van der Waals surface area contributed by atoms with Crippen LogP contribution in [0.4, 0.5) is 0 Å². The zero-order chi connectivity index (χ0) is 16.1. The van der Waals surface area contributed by atoms with Gasteiger partial charge in [0.15, 0.2) is 0 Å². The van der Waals surface area contributed by atoms with Crippen molar-refractivity contribution in [2.24, 2.45) is 0 Å². The van der Waals surface area contributed by atoms with E-state index in [1.54, 1.807) is 12.1 Å². The van der Waals surface area contributed by atoms with E-state index in [-0.39, 0.29) is 5.69 Å². The van der Waals surface area contributed by atoms with E-state index in [1.807, 2.05) is 35.2 Å². The van der Waals surface area contributed by atoms with Gasteiger partial charge < -0.3 is 9.52 Å². The fourth-order valence-corrected chi connectivity index (χ4v) is 2.43. The van der Waals surface area contributed by atoms with Crippen LogP contribution in [0.3, 0.4) is 0 Å². The molecule has 0 spiro atoms. The quantitative estimate of drug-likeness (QED) is 0.613. The molecule has 1 atom stereocenters. The maximum atomic E-state index is 11.2. The van der Waals surface area contributed by atoms with Gasteiger partial charge in [-0.25, -0.2) is 9.89 Å². The molecule has 23 heavy (non-hydrogen) atoms. The molecule has 1 aromatic carbocycles. The van der Waals surface area contributed by atoms with Crippen LogP contribution in [0.5, 0.6) is 0 Å². The number of aliphatic hydroxyl groups is 1. The van der Waals surface area contributed by atoms with Gasteiger partial charge in [-0.2, -0.15) is 5.10 Å². The average molecular weight is 314 g/mol. The Morgan fingerprint density at radius 1 is 1.17 bits per heavy atom. The lowest BCUT2D eigenvalue weighted by atomic mass is 10.2. The van der Waals surface area contributed by atoms with Gasteiger partial charge in [0.2, 0.25) is 0 Å². The molecule has 120 valence electrons. The van der Waals surface area contributed by atoms with Crippen molar-refractivity contribution in [3.8, 4) is 0 Å². The van der Waals surface area contributed by atoms with Crippen molar-refractivity contribution < 1.29 is 9.52 Å². The molecule has 3 aromatic rings. The molecule has 0 bridgehead atoms. The summed E-state index contributed by atoms with van der Waals surface area (Å²) in [5.41, 5.74) is 0.767. The fourth-order valence-electron chi connectivity index (χ4n) is 2.43. The van der Waals surface area contributed by atoms with Crippen molar-refractivity contribution in [2.75, 3.05) is 6.54 Å². The Kier molecular flexibility index (Phi) is 4.70. The average Bonchev–Trinajstić information content (AvgIpc) is 3.20. The molecule has 0 aliphatic heterocycles. The summed E-state index contributed by atoms with van der Waals surface area (Å²) in [5.74, 6) is 1.04. The van der Waals surface area contributed by atoms with Crippen LogP contribution in [0.2, 0.25) is 0 Å². The minimum atomic E-state index is -0.751. The summed E-state index contributed by atoms with van der Waals surface area (Å²) in [6.45, 7) is 1.39. The Labute approximate surface area is 132 Å². The summed E-state index contributed by atoms with van der Waals surface area (Å²) in [5, 5.41) is 16.6. The normalized spacial score (nSPS) is 12.6. The number of nitrogens with one attached hydrogen (secondary N) is 2. The molecule has 7 heteroatoms. The molecule has 2 aromatic heterocycles. The SMILES string of the molecule is O=c1[nH]nc(CN(Cc2ccccc2)CC(O)c2ccco2)[nH]1. The molecule has 0 aliphatic carbocycles. The van der Waals surface area contributed by atoms with Gasteiger partial charge in [0.05, 0.1) is 12.8 Å². The highest BCUT2D eigenvalue weighted by atomic mass is 16.4. The summed E-state index contributed by atoms with van der Waals surface area (Å²) in [6, 6.07) is 13.4. The first-order valence-corrected chi connectivity index (χ1v) is 7.32. The van der Waals surface area contributed by atoms with E-state index < -0.39 is 6.10 Å². The Hall–Kier alpha value is -2.64. The lowest BCUT2D eigenvalue weighted by Gasteiger charge is -2.23. The molecule has 0 aliphatic rings. The zero-order valence-electron chi connectivity index (χ0n) is 12.5. The first kappa shape index (κ1) is 15.3. The largest absolute Gasteiger partial charge is 0.467 e.